The van der Waals surface area contributed by atoms with E-state index in [-0.39, 0.29) is 24.2 Å². The van der Waals surface area contributed by atoms with Crippen molar-refractivity contribution >= 4 is 11.7 Å². The van der Waals surface area contributed by atoms with Crippen LogP contribution in [0.3, 0.4) is 0 Å². The summed E-state index contributed by atoms with van der Waals surface area (Å²) in [5.74, 6) is -0.0528. The molecule has 0 spiro atoms. The molecule has 1 saturated heterocycles. The highest BCUT2D eigenvalue weighted by Crippen LogP contribution is 2.17. The van der Waals surface area contributed by atoms with Crippen LogP contribution in [0.1, 0.15) is 42.0 Å². The molecule has 0 unspecified atom stereocenters. The molecule has 0 bridgehead atoms. The second-order valence-electron chi connectivity index (χ2n) is 5.94. The van der Waals surface area contributed by atoms with E-state index in [1.807, 2.05) is 13.8 Å². The fourth-order valence-electron chi connectivity index (χ4n) is 3.12. The summed E-state index contributed by atoms with van der Waals surface area (Å²) < 4.78 is 7.13. The van der Waals surface area contributed by atoms with Crippen molar-refractivity contribution in [3.63, 3.8) is 0 Å². The van der Waals surface area contributed by atoms with Gasteiger partial charge in [-0.25, -0.2) is 0 Å². The van der Waals surface area contributed by atoms with E-state index < -0.39 is 6.10 Å². The van der Waals surface area contributed by atoms with Crippen LogP contribution in [0.15, 0.2) is 0 Å². The van der Waals surface area contributed by atoms with E-state index in [1.165, 1.54) is 6.92 Å². The molecule has 23 heavy (non-hydrogen) atoms. The van der Waals surface area contributed by atoms with Gasteiger partial charge in [0.2, 0.25) is 5.91 Å². The Morgan fingerprint density at radius 2 is 2.04 bits per heavy atom. The Hall–Kier alpha value is -1.73. The fraction of sp³-hybridized carbons (Fsp3) is 0.688. The van der Waals surface area contributed by atoms with Gasteiger partial charge in [-0.1, -0.05) is 0 Å². The van der Waals surface area contributed by atoms with Gasteiger partial charge in [-0.05, 0) is 27.7 Å². The molecular formula is C16H25N3O4. The smallest absolute Gasteiger partial charge is 0.224 e. The maximum Gasteiger partial charge on any atom is 0.224 e. The number of rotatable bonds is 6. The lowest BCUT2D eigenvalue weighted by atomic mass is 10.1. The molecule has 1 fully saturated rings. The normalized spacial score (nSPS) is 21.0. The number of aryl methyl sites for hydroxylation is 2. The number of aliphatic hydroxyl groups is 1. The lowest BCUT2D eigenvalue weighted by Crippen LogP contribution is -2.31. The van der Waals surface area contributed by atoms with E-state index in [1.54, 1.807) is 16.5 Å². The number of nitrogens with zero attached hydrogens (tertiary/aromatic N) is 3. The predicted molar refractivity (Wildman–Crippen MR) is 84.3 cm³/mol. The minimum absolute atomic E-state index is 0.0141. The standard InChI is InChI=1S/C16H25N3O4/c1-5-23-14-9-18(8-13(14)21)15(22)6-7-19-11(3)16(12(4)20)10(2)17-19/h13-14,21H,5-9H2,1-4H3/t13-,14-/m0/s1. The summed E-state index contributed by atoms with van der Waals surface area (Å²) in [6, 6.07) is 0. The number of hydrogen-bond donors (Lipinski definition) is 1. The van der Waals surface area contributed by atoms with Crippen LogP contribution in [0, 0.1) is 13.8 Å². The summed E-state index contributed by atoms with van der Waals surface area (Å²) in [4.78, 5) is 25.5. The predicted octanol–water partition coefficient (Wildman–Crippen LogP) is 0.701. The monoisotopic (exact) mass is 323 g/mol. The molecule has 1 N–H and O–H groups in total. The molecule has 2 atom stereocenters. The largest absolute Gasteiger partial charge is 0.388 e. The van der Waals surface area contributed by atoms with Crippen molar-refractivity contribution in [3.05, 3.63) is 17.0 Å². The highest BCUT2D eigenvalue weighted by molar-refractivity contribution is 5.96. The molecule has 128 valence electrons. The maximum atomic E-state index is 12.3. The van der Waals surface area contributed by atoms with Gasteiger partial charge >= 0.3 is 0 Å². The Morgan fingerprint density at radius 1 is 1.35 bits per heavy atom. The Balaban J connectivity index is 1.95. The van der Waals surface area contributed by atoms with E-state index >= 15 is 0 Å². The van der Waals surface area contributed by atoms with Gasteiger partial charge in [0.1, 0.15) is 6.10 Å². The molecule has 0 aromatic carbocycles. The van der Waals surface area contributed by atoms with Gasteiger partial charge in [-0.2, -0.15) is 5.10 Å². The molecular weight excluding hydrogens is 298 g/mol. The Bertz CT molecular complexity index is 596. The van der Waals surface area contributed by atoms with Crippen LogP contribution >= 0.6 is 0 Å². The number of amides is 1. The number of ketones is 1. The molecule has 0 saturated carbocycles. The van der Waals surface area contributed by atoms with Gasteiger partial charge < -0.3 is 14.7 Å². The maximum absolute atomic E-state index is 12.3. The van der Waals surface area contributed by atoms with E-state index in [0.29, 0.717) is 37.5 Å². The minimum Gasteiger partial charge on any atom is -0.388 e. The molecule has 1 aromatic heterocycles. The number of carbonyl (C=O) groups is 2. The van der Waals surface area contributed by atoms with Crippen molar-refractivity contribution in [1.82, 2.24) is 14.7 Å². The average Bonchev–Trinajstić information content (AvgIpc) is 2.97. The third-order valence-corrected chi connectivity index (χ3v) is 4.24. The van der Waals surface area contributed by atoms with Gasteiger partial charge in [0.25, 0.3) is 0 Å². The number of likely N-dealkylation sites (tertiary alicyclic amines) is 1. The number of β-amino-alcohol motifs (C(OH)–C–C–N with tert-alkyl or cyclic N) is 1. The number of hydrogen-bond acceptors (Lipinski definition) is 5. The molecule has 0 radical (unpaired) electrons. The van der Waals surface area contributed by atoms with E-state index in [9.17, 15) is 14.7 Å². The molecule has 1 aliphatic heterocycles. The van der Waals surface area contributed by atoms with Crippen LogP contribution in [-0.2, 0) is 16.1 Å². The Labute approximate surface area is 136 Å². The lowest BCUT2D eigenvalue weighted by molar-refractivity contribution is -0.131. The number of aliphatic hydroxyl groups excluding tert-OH is 1. The molecule has 1 amide bonds. The summed E-state index contributed by atoms with van der Waals surface area (Å²) >= 11 is 0. The molecule has 7 nitrogen and oxygen atoms in total. The van der Waals surface area contributed by atoms with Gasteiger partial charge in [-0.3, -0.25) is 14.3 Å². The highest BCUT2D eigenvalue weighted by atomic mass is 16.5. The Kier molecular flexibility index (Phi) is 5.54. The van der Waals surface area contributed by atoms with E-state index in [2.05, 4.69) is 5.10 Å². The number of ether oxygens (including phenoxy) is 1. The van der Waals surface area contributed by atoms with Crippen molar-refractivity contribution in [1.29, 1.82) is 0 Å². The van der Waals surface area contributed by atoms with Gasteiger partial charge in [0, 0.05) is 38.4 Å². The first-order valence-corrected chi connectivity index (χ1v) is 7.97. The lowest BCUT2D eigenvalue weighted by Gasteiger charge is -2.16. The molecule has 1 aromatic rings. The zero-order chi connectivity index (χ0) is 17.1. The van der Waals surface area contributed by atoms with Crippen molar-refractivity contribution in [3.8, 4) is 0 Å². The molecule has 2 rings (SSSR count). The van der Waals surface area contributed by atoms with Gasteiger partial charge in [-0.15, -0.1) is 0 Å². The number of carbonyl (C=O) groups excluding carboxylic acids is 2. The number of Topliss-reactive ketones (excluding diaryl/α,β-unsaturated/α-hetero) is 1. The SMILES string of the molecule is CCO[C@H]1CN(C(=O)CCn2nc(C)c(C(C)=O)c2C)C[C@@H]1O. The van der Waals surface area contributed by atoms with Gasteiger partial charge in [0.15, 0.2) is 5.78 Å². The zero-order valence-electron chi connectivity index (χ0n) is 14.2. The number of aromatic nitrogens is 2. The third-order valence-electron chi connectivity index (χ3n) is 4.24. The first-order chi connectivity index (χ1) is 10.8. The van der Waals surface area contributed by atoms with Gasteiger partial charge in [0.05, 0.1) is 17.4 Å². The van der Waals surface area contributed by atoms with E-state index in [0.717, 1.165) is 5.69 Å². The van der Waals surface area contributed by atoms with Crippen LogP contribution in [0.2, 0.25) is 0 Å². The highest BCUT2D eigenvalue weighted by Gasteiger charge is 2.34. The molecule has 1 aliphatic rings. The zero-order valence-corrected chi connectivity index (χ0v) is 14.2. The van der Waals surface area contributed by atoms with Crippen molar-refractivity contribution < 1.29 is 19.4 Å². The van der Waals surface area contributed by atoms with Crippen LogP contribution in [-0.4, -0.2) is 63.4 Å². The van der Waals surface area contributed by atoms with Crippen molar-refractivity contribution in [2.45, 2.75) is 52.9 Å². The summed E-state index contributed by atoms with van der Waals surface area (Å²) in [6.07, 6.45) is -0.649. The van der Waals surface area contributed by atoms with Crippen molar-refractivity contribution in [2.24, 2.45) is 0 Å². The third kappa shape index (κ3) is 3.79. The second-order valence-corrected chi connectivity index (χ2v) is 5.94. The summed E-state index contributed by atoms with van der Waals surface area (Å²) in [5, 5.41) is 14.2. The Morgan fingerprint density at radius 3 is 2.61 bits per heavy atom. The first-order valence-electron chi connectivity index (χ1n) is 7.97. The molecule has 2 heterocycles. The fourth-order valence-corrected chi connectivity index (χ4v) is 3.12. The molecule has 0 aliphatic carbocycles. The van der Waals surface area contributed by atoms with Crippen LogP contribution in [0.5, 0.6) is 0 Å². The summed E-state index contributed by atoms with van der Waals surface area (Å²) in [6.45, 7) is 8.69. The summed E-state index contributed by atoms with van der Waals surface area (Å²) in [5.41, 5.74) is 2.11. The summed E-state index contributed by atoms with van der Waals surface area (Å²) in [7, 11) is 0. The van der Waals surface area contributed by atoms with Crippen LogP contribution in [0.4, 0.5) is 0 Å². The van der Waals surface area contributed by atoms with Crippen LogP contribution in [0.25, 0.3) is 0 Å². The quantitative estimate of drug-likeness (QED) is 0.779. The minimum atomic E-state index is -0.628. The molecule has 7 heteroatoms. The first kappa shape index (κ1) is 17.6. The second kappa shape index (κ2) is 7.23. The van der Waals surface area contributed by atoms with Crippen molar-refractivity contribution in [2.75, 3.05) is 19.7 Å². The van der Waals surface area contributed by atoms with E-state index in [4.69, 9.17) is 4.74 Å². The topological polar surface area (TPSA) is 84.7 Å². The average molecular weight is 323 g/mol. The van der Waals surface area contributed by atoms with Crippen LogP contribution < -0.4 is 0 Å².